The van der Waals surface area contributed by atoms with Crippen molar-refractivity contribution in [2.24, 2.45) is 0 Å². The summed E-state index contributed by atoms with van der Waals surface area (Å²) >= 11 is 0. The minimum absolute atomic E-state index is 0.239. The molecule has 0 aromatic carbocycles. The van der Waals surface area contributed by atoms with Gasteiger partial charge in [-0.1, -0.05) is 0 Å². The molecule has 2 rings (SSSR count). The third-order valence-electron chi connectivity index (χ3n) is 2.49. The molecule has 0 unspecified atom stereocenters. The average molecular weight is 218 g/mol. The van der Waals surface area contributed by atoms with Gasteiger partial charge in [-0.2, -0.15) is 5.26 Å². The molecule has 1 saturated heterocycles. The van der Waals surface area contributed by atoms with Crippen LogP contribution >= 0.6 is 0 Å². The number of rotatable bonds is 2. The average Bonchev–Trinajstić information content (AvgIpc) is 2.76. The highest BCUT2D eigenvalue weighted by Crippen LogP contribution is 2.32. The Kier molecular flexibility index (Phi) is 2.69. The summed E-state index contributed by atoms with van der Waals surface area (Å²) in [6, 6.07) is 3.54. The van der Waals surface area contributed by atoms with E-state index < -0.39 is 5.79 Å². The van der Waals surface area contributed by atoms with Crippen molar-refractivity contribution < 1.29 is 14.3 Å². The second kappa shape index (κ2) is 4.00. The third kappa shape index (κ3) is 1.69. The summed E-state index contributed by atoms with van der Waals surface area (Å²) in [7, 11) is 0. The SMILES string of the molecule is CC1(c2cc(C#N)cnc2C=O)OCCO1. The summed E-state index contributed by atoms with van der Waals surface area (Å²) < 4.78 is 10.9. The van der Waals surface area contributed by atoms with Crippen molar-refractivity contribution in [2.45, 2.75) is 12.7 Å². The summed E-state index contributed by atoms with van der Waals surface area (Å²) in [5, 5.41) is 8.79. The number of nitrogens with zero attached hydrogens (tertiary/aromatic N) is 2. The molecule has 0 amide bonds. The van der Waals surface area contributed by atoms with Gasteiger partial charge in [0, 0.05) is 11.8 Å². The monoisotopic (exact) mass is 218 g/mol. The standard InChI is InChI=1S/C11H10N2O3/c1-11(15-2-3-16-11)9-4-8(5-12)6-13-10(9)7-14/h4,6-7H,2-3H2,1H3. The molecular weight excluding hydrogens is 208 g/mol. The fourth-order valence-corrected chi connectivity index (χ4v) is 1.66. The van der Waals surface area contributed by atoms with Crippen molar-refractivity contribution >= 4 is 6.29 Å². The van der Waals surface area contributed by atoms with Crippen molar-refractivity contribution in [1.82, 2.24) is 4.98 Å². The van der Waals surface area contributed by atoms with Gasteiger partial charge >= 0.3 is 0 Å². The third-order valence-corrected chi connectivity index (χ3v) is 2.49. The van der Waals surface area contributed by atoms with E-state index in [-0.39, 0.29) is 5.69 Å². The van der Waals surface area contributed by atoms with E-state index in [2.05, 4.69) is 4.98 Å². The molecule has 0 bridgehead atoms. The molecular formula is C11H10N2O3. The fraction of sp³-hybridized carbons (Fsp3) is 0.364. The fourth-order valence-electron chi connectivity index (χ4n) is 1.66. The molecule has 5 heteroatoms. The van der Waals surface area contributed by atoms with E-state index in [0.717, 1.165) is 0 Å². The second-order valence-electron chi connectivity index (χ2n) is 3.53. The largest absolute Gasteiger partial charge is 0.344 e. The number of aromatic nitrogens is 1. The maximum Gasteiger partial charge on any atom is 0.194 e. The summed E-state index contributed by atoms with van der Waals surface area (Å²) in [6.45, 7) is 2.64. The van der Waals surface area contributed by atoms with Crippen LogP contribution in [0.1, 0.15) is 28.5 Å². The van der Waals surface area contributed by atoms with E-state index in [4.69, 9.17) is 14.7 Å². The summed E-state index contributed by atoms with van der Waals surface area (Å²) in [4.78, 5) is 14.8. The molecule has 0 spiro atoms. The first-order chi connectivity index (χ1) is 7.69. The van der Waals surface area contributed by atoms with E-state index in [1.807, 2.05) is 6.07 Å². The van der Waals surface area contributed by atoms with Crippen LogP contribution < -0.4 is 0 Å². The zero-order valence-corrected chi connectivity index (χ0v) is 8.77. The van der Waals surface area contributed by atoms with Gasteiger partial charge in [0.25, 0.3) is 0 Å². The molecule has 16 heavy (non-hydrogen) atoms. The van der Waals surface area contributed by atoms with Crippen LogP contribution in [0.15, 0.2) is 12.3 Å². The maximum absolute atomic E-state index is 10.9. The number of hydrogen-bond donors (Lipinski definition) is 0. The van der Waals surface area contributed by atoms with Crippen LogP contribution in [-0.2, 0) is 15.3 Å². The predicted octanol–water partition coefficient (Wildman–Crippen LogP) is 0.985. The number of hydrogen-bond acceptors (Lipinski definition) is 5. The Hall–Kier alpha value is -1.77. The van der Waals surface area contributed by atoms with Crippen LogP contribution in [0, 0.1) is 11.3 Å². The lowest BCUT2D eigenvalue weighted by Gasteiger charge is -2.23. The van der Waals surface area contributed by atoms with E-state index >= 15 is 0 Å². The van der Waals surface area contributed by atoms with Crippen LogP contribution in [-0.4, -0.2) is 24.5 Å². The van der Waals surface area contributed by atoms with Gasteiger partial charge in [0.05, 0.1) is 18.8 Å². The Morgan fingerprint density at radius 1 is 1.56 bits per heavy atom. The van der Waals surface area contributed by atoms with Crippen LogP contribution in [0.3, 0.4) is 0 Å². The van der Waals surface area contributed by atoms with Crippen molar-refractivity contribution in [2.75, 3.05) is 13.2 Å². The first-order valence-electron chi connectivity index (χ1n) is 4.83. The summed E-state index contributed by atoms with van der Waals surface area (Å²) in [5.74, 6) is -0.976. The molecule has 5 nitrogen and oxygen atoms in total. The van der Waals surface area contributed by atoms with Gasteiger partial charge in [0.1, 0.15) is 11.8 Å². The van der Waals surface area contributed by atoms with Crippen LogP contribution in [0.25, 0.3) is 0 Å². The minimum atomic E-state index is -0.976. The second-order valence-corrected chi connectivity index (χ2v) is 3.53. The van der Waals surface area contributed by atoms with Crippen molar-refractivity contribution in [1.29, 1.82) is 5.26 Å². The highest BCUT2D eigenvalue weighted by Gasteiger charge is 2.36. The molecule has 0 N–H and O–H groups in total. The van der Waals surface area contributed by atoms with Crippen molar-refractivity contribution in [3.63, 3.8) is 0 Å². The van der Waals surface area contributed by atoms with E-state index in [1.165, 1.54) is 6.20 Å². The summed E-state index contributed by atoms with van der Waals surface area (Å²) in [5.41, 5.74) is 1.11. The first kappa shape index (κ1) is 10.7. The molecule has 1 aliphatic heterocycles. The molecule has 1 aliphatic rings. The molecule has 1 fully saturated rings. The molecule has 2 heterocycles. The van der Waals surface area contributed by atoms with Gasteiger partial charge < -0.3 is 9.47 Å². The van der Waals surface area contributed by atoms with Crippen molar-refractivity contribution in [3.8, 4) is 6.07 Å². The van der Waals surface area contributed by atoms with Crippen LogP contribution in [0.4, 0.5) is 0 Å². The molecule has 1 aromatic rings. The van der Waals surface area contributed by atoms with Crippen LogP contribution in [0.5, 0.6) is 0 Å². The molecule has 0 saturated carbocycles. The van der Waals surface area contributed by atoms with E-state index in [1.54, 1.807) is 13.0 Å². The first-order valence-corrected chi connectivity index (χ1v) is 4.83. The van der Waals surface area contributed by atoms with Gasteiger partial charge in [-0.05, 0) is 13.0 Å². The van der Waals surface area contributed by atoms with Gasteiger partial charge in [-0.25, -0.2) is 0 Å². The molecule has 1 aromatic heterocycles. The minimum Gasteiger partial charge on any atom is -0.344 e. The van der Waals surface area contributed by atoms with Gasteiger partial charge in [0.15, 0.2) is 12.1 Å². The number of ether oxygens (including phenoxy) is 2. The molecule has 0 aliphatic carbocycles. The summed E-state index contributed by atoms with van der Waals surface area (Å²) in [6.07, 6.45) is 1.98. The maximum atomic E-state index is 10.9. The molecule has 0 atom stereocenters. The van der Waals surface area contributed by atoms with Crippen molar-refractivity contribution in [3.05, 3.63) is 29.1 Å². The van der Waals surface area contributed by atoms with Gasteiger partial charge in [-0.3, -0.25) is 9.78 Å². The molecule has 82 valence electrons. The van der Waals surface area contributed by atoms with Gasteiger partial charge in [-0.15, -0.1) is 0 Å². The van der Waals surface area contributed by atoms with E-state index in [9.17, 15) is 4.79 Å². The Bertz CT molecular complexity index is 459. The Morgan fingerprint density at radius 3 is 2.81 bits per heavy atom. The number of carbonyl (C=O) groups excluding carboxylic acids is 1. The lowest BCUT2D eigenvalue weighted by atomic mass is 10.0. The number of aldehydes is 1. The van der Waals surface area contributed by atoms with Gasteiger partial charge in [0.2, 0.25) is 0 Å². The highest BCUT2D eigenvalue weighted by atomic mass is 16.7. The Labute approximate surface area is 92.6 Å². The topological polar surface area (TPSA) is 72.2 Å². The predicted molar refractivity (Wildman–Crippen MR) is 53.6 cm³/mol. The normalized spacial score (nSPS) is 18.0. The van der Waals surface area contributed by atoms with Crippen LogP contribution in [0.2, 0.25) is 0 Å². The molecule has 0 radical (unpaired) electrons. The highest BCUT2D eigenvalue weighted by molar-refractivity contribution is 5.75. The Morgan fingerprint density at radius 2 is 2.25 bits per heavy atom. The number of carbonyl (C=O) groups is 1. The smallest absolute Gasteiger partial charge is 0.194 e. The lowest BCUT2D eigenvalue weighted by molar-refractivity contribution is -0.150. The zero-order valence-electron chi connectivity index (χ0n) is 8.77. The number of nitriles is 1. The lowest BCUT2D eigenvalue weighted by Crippen LogP contribution is -2.25. The Balaban J connectivity index is 2.52. The number of pyridine rings is 1. The van der Waals surface area contributed by atoms with E-state index in [0.29, 0.717) is 30.6 Å². The zero-order chi connectivity index (χ0) is 11.6. The quantitative estimate of drug-likeness (QED) is 0.692.